The largest absolute Gasteiger partial charge is 0.497 e. The molecule has 1 aromatic heterocycles. The van der Waals surface area contributed by atoms with Gasteiger partial charge >= 0.3 is 0 Å². The van der Waals surface area contributed by atoms with Gasteiger partial charge in [0.15, 0.2) is 0 Å². The van der Waals surface area contributed by atoms with Crippen LogP contribution >= 0.6 is 11.6 Å². The maximum absolute atomic E-state index is 12.9. The number of Topliss-reactive ketones (excluding diaryl/α,β-unsaturated/α-hetero) is 1. The summed E-state index contributed by atoms with van der Waals surface area (Å²) in [5.41, 5.74) is 4.03. The Morgan fingerprint density at radius 2 is 1.56 bits per heavy atom. The SMILES string of the molecule is COc1ccc(NC(=O)C(=O)c2ccc3c(c2)c2ccccc2n3Cc2ccc(Cl)cc2)cc1. The summed E-state index contributed by atoms with van der Waals surface area (Å²) in [5, 5.41) is 5.30. The molecule has 168 valence electrons. The van der Waals surface area contributed by atoms with Crippen molar-refractivity contribution >= 4 is 50.8 Å². The van der Waals surface area contributed by atoms with Crippen LogP contribution in [0.4, 0.5) is 5.69 Å². The van der Waals surface area contributed by atoms with Gasteiger partial charge in [0.05, 0.1) is 7.11 Å². The van der Waals surface area contributed by atoms with Crippen LogP contribution in [-0.2, 0) is 11.3 Å². The third-order valence-corrected chi connectivity index (χ3v) is 6.09. The van der Waals surface area contributed by atoms with Crippen LogP contribution in [0.5, 0.6) is 5.75 Å². The Morgan fingerprint density at radius 1 is 0.853 bits per heavy atom. The van der Waals surface area contributed by atoms with Gasteiger partial charge in [-0.25, -0.2) is 0 Å². The molecule has 0 aliphatic rings. The van der Waals surface area contributed by atoms with Crippen molar-refractivity contribution in [3.8, 4) is 5.75 Å². The first-order valence-corrected chi connectivity index (χ1v) is 11.2. The van der Waals surface area contributed by atoms with Crippen molar-refractivity contribution in [1.29, 1.82) is 0 Å². The predicted molar refractivity (Wildman–Crippen MR) is 136 cm³/mol. The minimum Gasteiger partial charge on any atom is -0.497 e. The molecular formula is C28H21ClN2O3. The van der Waals surface area contributed by atoms with Crippen molar-refractivity contribution in [2.45, 2.75) is 6.54 Å². The number of methoxy groups -OCH3 is 1. The van der Waals surface area contributed by atoms with Crippen LogP contribution in [0.3, 0.4) is 0 Å². The summed E-state index contributed by atoms with van der Waals surface area (Å²) in [4.78, 5) is 25.6. The van der Waals surface area contributed by atoms with Gasteiger partial charge in [-0.05, 0) is 66.2 Å². The van der Waals surface area contributed by atoms with Crippen molar-refractivity contribution in [2.75, 3.05) is 12.4 Å². The molecule has 5 rings (SSSR count). The van der Waals surface area contributed by atoms with Crippen molar-refractivity contribution < 1.29 is 14.3 Å². The van der Waals surface area contributed by atoms with Crippen molar-refractivity contribution in [3.63, 3.8) is 0 Å². The number of aromatic nitrogens is 1. The van der Waals surface area contributed by atoms with Crippen LogP contribution < -0.4 is 10.1 Å². The monoisotopic (exact) mass is 468 g/mol. The summed E-state index contributed by atoms with van der Waals surface area (Å²) < 4.78 is 7.33. The van der Waals surface area contributed by atoms with Crippen LogP contribution in [0, 0.1) is 0 Å². The first kappa shape index (κ1) is 21.7. The van der Waals surface area contributed by atoms with Crippen LogP contribution in [0.1, 0.15) is 15.9 Å². The molecular weight excluding hydrogens is 448 g/mol. The summed E-state index contributed by atoms with van der Waals surface area (Å²) >= 11 is 6.04. The molecule has 0 unspecified atom stereocenters. The average Bonchev–Trinajstić information content (AvgIpc) is 3.18. The highest BCUT2D eigenvalue weighted by molar-refractivity contribution is 6.46. The summed E-state index contributed by atoms with van der Waals surface area (Å²) in [6.45, 7) is 0.659. The number of fused-ring (bicyclic) bond motifs is 3. The molecule has 0 spiro atoms. The minimum atomic E-state index is -0.686. The van der Waals surface area contributed by atoms with Crippen molar-refractivity contribution in [3.05, 3.63) is 107 Å². The quantitative estimate of drug-likeness (QED) is 0.234. The third kappa shape index (κ3) is 4.14. The van der Waals surface area contributed by atoms with Crippen LogP contribution in [-0.4, -0.2) is 23.4 Å². The van der Waals surface area contributed by atoms with Gasteiger partial charge in [0.1, 0.15) is 5.75 Å². The molecule has 0 atom stereocenters. The highest BCUT2D eigenvalue weighted by atomic mass is 35.5. The Hall–Kier alpha value is -4.09. The van der Waals surface area contributed by atoms with E-state index in [9.17, 15) is 9.59 Å². The molecule has 0 fully saturated rings. The van der Waals surface area contributed by atoms with E-state index in [1.165, 1.54) is 0 Å². The first-order valence-electron chi connectivity index (χ1n) is 10.8. The maximum atomic E-state index is 12.9. The zero-order valence-electron chi connectivity index (χ0n) is 18.4. The third-order valence-electron chi connectivity index (χ3n) is 5.84. The fourth-order valence-corrected chi connectivity index (χ4v) is 4.26. The van der Waals surface area contributed by atoms with Crippen LogP contribution in [0.25, 0.3) is 21.8 Å². The minimum absolute atomic E-state index is 0.341. The van der Waals surface area contributed by atoms with Gasteiger partial charge < -0.3 is 14.6 Å². The van der Waals surface area contributed by atoms with Gasteiger partial charge in [0.25, 0.3) is 11.7 Å². The lowest BCUT2D eigenvalue weighted by Crippen LogP contribution is -2.22. The number of halogens is 1. The van der Waals surface area contributed by atoms with E-state index < -0.39 is 11.7 Å². The number of para-hydroxylation sites is 1. The second-order valence-electron chi connectivity index (χ2n) is 7.97. The number of anilines is 1. The van der Waals surface area contributed by atoms with Gasteiger partial charge in [-0.15, -0.1) is 0 Å². The zero-order chi connectivity index (χ0) is 23.7. The number of benzene rings is 4. The van der Waals surface area contributed by atoms with E-state index in [0.717, 1.165) is 27.4 Å². The zero-order valence-corrected chi connectivity index (χ0v) is 19.2. The molecule has 0 aliphatic heterocycles. The molecule has 6 heteroatoms. The molecule has 5 aromatic rings. The Balaban J connectivity index is 1.49. The van der Waals surface area contributed by atoms with Gasteiger partial charge in [-0.2, -0.15) is 0 Å². The smallest absolute Gasteiger partial charge is 0.296 e. The van der Waals surface area contributed by atoms with Crippen LogP contribution in [0.2, 0.25) is 5.02 Å². The normalized spacial score (nSPS) is 11.0. The van der Waals surface area contributed by atoms with E-state index in [-0.39, 0.29) is 0 Å². The van der Waals surface area contributed by atoms with E-state index in [2.05, 4.69) is 16.0 Å². The second-order valence-corrected chi connectivity index (χ2v) is 8.41. The number of carbonyl (C=O) groups excluding carboxylic acids is 2. The number of hydrogen-bond donors (Lipinski definition) is 1. The molecule has 34 heavy (non-hydrogen) atoms. The molecule has 0 saturated carbocycles. The molecule has 0 bridgehead atoms. The molecule has 4 aromatic carbocycles. The van der Waals surface area contributed by atoms with Gasteiger partial charge in [-0.1, -0.05) is 41.9 Å². The van der Waals surface area contributed by atoms with E-state index >= 15 is 0 Å². The lowest BCUT2D eigenvalue weighted by atomic mass is 10.1. The average molecular weight is 469 g/mol. The van der Waals surface area contributed by atoms with Crippen molar-refractivity contribution in [2.24, 2.45) is 0 Å². The lowest BCUT2D eigenvalue weighted by Gasteiger charge is -2.09. The second kappa shape index (κ2) is 9.04. The van der Waals surface area contributed by atoms with E-state index in [0.29, 0.717) is 28.6 Å². The highest BCUT2D eigenvalue weighted by Crippen LogP contribution is 2.31. The lowest BCUT2D eigenvalue weighted by molar-refractivity contribution is -0.112. The first-order chi connectivity index (χ1) is 16.5. The highest BCUT2D eigenvalue weighted by Gasteiger charge is 2.19. The number of ketones is 1. The summed E-state index contributed by atoms with van der Waals surface area (Å²) in [6, 6.07) is 28.1. The fourth-order valence-electron chi connectivity index (χ4n) is 4.13. The summed E-state index contributed by atoms with van der Waals surface area (Å²) in [7, 11) is 1.57. The molecule has 1 N–H and O–H groups in total. The number of nitrogens with zero attached hydrogens (tertiary/aromatic N) is 1. The van der Waals surface area contributed by atoms with E-state index in [4.69, 9.17) is 16.3 Å². The molecule has 0 aliphatic carbocycles. The number of hydrogen-bond acceptors (Lipinski definition) is 3. The standard InChI is InChI=1S/C28H21ClN2O3/c1-34-22-13-11-21(12-14-22)30-28(33)27(32)19-8-15-26-24(16-19)23-4-2-3-5-25(23)31(26)17-18-6-9-20(29)10-7-18/h2-16H,17H2,1H3,(H,30,33). The maximum Gasteiger partial charge on any atom is 0.296 e. The van der Waals surface area contributed by atoms with Gasteiger partial charge in [0.2, 0.25) is 0 Å². The summed E-state index contributed by atoms with van der Waals surface area (Å²) in [5.74, 6) is -0.605. The number of carbonyl (C=O) groups is 2. The van der Waals surface area contributed by atoms with Crippen LogP contribution in [0.15, 0.2) is 91.0 Å². The molecule has 0 saturated heterocycles. The number of ether oxygens (including phenoxy) is 1. The number of nitrogens with one attached hydrogen (secondary N) is 1. The Bertz CT molecular complexity index is 1520. The Kier molecular flexibility index (Phi) is 5.78. The number of rotatable bonds is 6. The Labute approximate surface area is 201 Å². The number of amides is 1. The molecule has 5 nitrogen and oxygen atoms in total. The van der Waals surface area contributed by atoms with Crippen molar-refractivity contribution in [1.82, 2.24) is 4.57 Å². The predicted octanol–water partition coefficient (Wildman–Crippen LogP) is 6.33. The fraction of sp³-hybridized carbons (Fsp3) is 0.0714. The van der Waals surface area contributed by atoms with E-state index in [1.807, 2.05) is 48.5 Å². The molecule has 1 heterocycles. The molecule has 0 radical (unpaired) electrons. The van der Waals surface area contributed by atoms with E-state index in [1.54, 1.807) is 43.5 Å². The van der Waals surface area contributed by atoms with Gasteiger partial charge in [-0.3, -0.25) is 9.59 Å². The summed E-state index contributed by atoms with van der Waals surface area (Å²) in [6.07, 6.45) is 0. The Morgan fingerprint density at radius 3 is 2.29 bits per heavy atom. The topological polar surface area (TPSA) is 60.3 Å². The molecule has 1 amide bonds. The van der Waals surface area contributed by atoms with Gasteiger partial charge in [0, 0.05) is 44.6 Å².